The Labute approximate surface area is 134 Å². The van der Waals surface area contributed by atoms with Crippen LogP contribution in [-0.4, -0.2) is 23.5 Å². The number of urea groups is 1. The Bertz CT molecular complexity index is 454. The second-order valence-electron chi connectivity index (χ2n) is 5.83. The topological polar surface area (TPSA) is 32.3 Å². The van der Waals surface area contributed by atoms with E-state index >= 15 is 0 Å². The van der Waals surface area contributed by atoms with E-state index in [1.165, 1.54) is 6.42 Å². The molecule has 1 atom stereocenters. The molecule has 2 amide bonds. The van der Waals surface area contributed by atoms with Crippen molar-refractivity contribution >= 4 is 24.1 Å². The van der Waals surface area contributed by atoms with Gasteiger partial charge in [0.25, 0.3) is 0 Å². The van der Waals surface area contributed by atoms with Crippen LogP contribution in [0.2, 0.25) is 0 Å². The third kappa shape index (κ3) is 4.37. The molecule has 0 radical (unpaired) electrons. The molecule has 118 valence electrons. The highest BCUT2D eigenvalue weighted by Gasteiger charge is 2.26. The minimum absolute atomic E-state index is 0. The fourth-order valence-electron chi connectivity index (χ4n) is 3.09. The maximum atomic E-state index is 12.6. The van der Waals surface area contributed by atoms with E-state index in [0.717, 1.165) is 49.0 Å². The lowest BCUT2D eigenvalue weighted by Gasteiger charge is -2.36. The molecule has 2 rings (SSSR count). The molecule has 1 aromatic rings. The maximum Gasteiger partial charge on any atom is 0.322 e. The zero-order chi connectivity index (χ0) is 14.5. The first-order chi connectivity index (χ1) is 9.63. The van der Waals surface area contributed by atoms with Crippen LogP contribution in [0.3, 0.4) is 0 Å². The van der Waals surface area contributed by atoms with E-state index in [9.17, 15) is 4.79 Å². The predicted octanol–water partition coefficient (Wildman–Crippen LogP) is 4.91. The number of nitrogens with zero attached hydrogens (tertiary/aromatic N) is 1. The standard InChI is InChI=1S/C17H26N2O.ClH/c1-4-8-15-11-5-6-12-19(15)17(20)18-16-13(2)9-7-10-14(16)3;/h7,9-10,15H,4-6,8,11-12H2,1-3H3,(H,18,20);1H. The van der Waals surface area contributed by atoms with E-state index in [-0.39, 0.29) is 18.4 Å². The van der Waals surface area contributed by atoms with E-state index in [0.29, 0.717) is 6.04 Å². The number of halogens is 1. The highest BCUT2D eigenvalue weighted by atomic mass is 35.5. The van der Waals surface area contributed by atoms with Crippen molar-refractivity contribution in [2.75, 3.05) is 11.9 Å². The molecule has 0 saturated carbocycles. The Morgan fingerprint density at radius 2 is 1.95 bits per heavy atom. The largest absolute Gasteiger partial charge is 0.322 e. The molecule has 1 aliphatic rings. The molecule has 1 aromatic carbocycles. The molecular formula is C17H27ClN2O. The van der Waals surface area contributed by atoms with Gasteiger partial charge in [0.2, 0.25) is 0 Å². The van der Waals surface area contributed by atoms with E-state index in [1.54, 1.807) is 0 Å². The van der Waals surface area contributed by atoms with Gasteiger partial charge in [0.15, 0.2) is 0 Å². The van der Waals surface area contributed by atoms with Crippen LogP contribution in [0.25, 0.3) is 0 Å². The summed E-state index contributed by atoms with van der Waals surface area (Å²) < 4.78 is 0. The second-order valence-corrected chi connectivity index (χ2v) is 5.83. The molecule has 0 spiro atoms. The lowest BCUT2D eigenvalue weighted by atomic mass is 9.98. The number of carbonyl (C=O) groups excluding carboxylic acids is 1. The van der Waals surface area contributed by atoms with Crippen LogP contribution < -0.4 is 5.32 Å². The van der Waals surface area contributed by atoms with E-state index < -0.39 is 0 Å². The summed E-state index contributed by atoms with van der Waals surface area (Å²) in [5, 5.41) is 3.12. The van der Waals surface area contributed by atoms with Crippen molar-refractivity contribution < 1.29 is 4.79 Å². The number of anilines is 1. The molecule has 1 heterocycles. The molecule has 1 N–H and O–H groups in total. The smallest absolute Gasteiger partial charge is 0.322 e. The van der Waals surface area contributed by atoms with Crippen LogP contribution >= 0.6 is 12.4 Å². The molecule has 4 heteroatoms. The number of piperidine rings is 1. The van der Waals surface area contributed by atoms with Gasteiger partial charge in [-0.3, -0.25) is 0 Å². The summed E-state index contributed by atoms with van der Waals surface area (Å²) in [6, 6.07) is 6.60. The van der Waals surface area contributed by atoms with Gasteiger partial charge < -0.3 is 10.2 Å². The molecule has 0 bridgehead atoms. The van der Waals surface area contributed by atoms with E-state index in [4.69, 9.17) is 0 Å². The van der Waals surface area contributed by atoms with Crippen LogP contribution in [0.15, 0.2) is 18.2 Å². The van der Waals surface area contributed by atoms with Gasteiger partial charge in [-0.25, -0.2) is 4.79 Å². The molecule has 0 aromatic heterocycles. The number of carbonyl (C=O) groups is 1. The number of nitrogens with one attached hydrogen (secondary N) is 1. The lowest BCUT2D eigenvalue weighted by Crippen LogP contribution is -2.46. The average Bonchev–Trinajstić information content (AvgIpc) is 2.44. The fraction of sp³-hybridized carbons (Fsp3) is 0.588. The summed E-state index contributed by atoms with van der Waals surface area (Å²) in [7, 11) is 0. The number of benzene rings is 1. The van der Waals surface area contributed by atoms with Crippen LogP contribution in [0, 0.1) is 13.8 Å². The Balaban J connectivity index is 0.00000220. The van der Waals surface area contributed by atoms with Gasteiger partial charge >= 0.3 is 6.03 Å². The SMILES string of the molecule is CCCC1CCCCN1C(=O)Nc1c(C)cccc1C.Cl. The van der Waals surface area contributed by atoms with Crippen molar-refractivity contribution in [3.63, 3.8) is 0 Å². The predicted molar refractivity (Wildman–Crippen MR) is 91.4 cm³/mol. The summed E-state index contributed by atoms with van der Waals surface area (Å²) in [6.45, 7) is 7.17. The highest BCUT2D eigenvalue weighted by molar-refractivity contribution is 5.91. The summed E-state index contributed by atoms with van der Waals surface area (Å²) >= 11 is 0. The number of hydrogen-bond acceptors (Lipinski definition) is 1. The first-order valence-electron chi connectivity index (χ1n) is 7.77. The average molecular weight is 311 g/mol. The zero-order valence-corrected chi connectivity index (χ0v) is 14.1. The van der Waals surface area contributed by atoms with Crippen LogP contribution in [0.1, 0.15) is 50.2 Å². The first-order valence-corrected chi connectivity index (χ1v) is 7.77. The third-order valence-electron chi connectivity index (χ3n) is 4.22. The first kappa shape index (κ1) is 17.8. The minimum atomic E-state index is 0. The Morgan fingerprint density at radius 3 is 2.57 bits per heavy atom. The molecule has 21 heavy (non-hydrogen) atoms. The summed E-state index contributed by atoms with van der Waals surface area (Å²) in [4.78, 5) is 14.6. The van der Waals surface area contributed by atoms with Crippen molar-refractivity contribution in [2.45, 2.75) is 58.9 Å². The number of hydrogen-bond donors (Lipinski definition) is 1. The fourth-order valence-corrected chi connectivity index (χ4v) is 3.09. The van der Waals surface area contributed by atoms with Crippen LogP contribution in [-0.2, 0) is 0 Å². The van der Waals surface area contributed by atoms with Gasteiger partial charge in [0, 0.05) is 18.3 Å². The Morgan fingerprint density at radius 1 is 1.29 bits per heavy atom. The van der Waals surface area contributed by atoms with Crippen LogP contribution in [0.5, 0.6) is 0 Å². The van der Waals surface area contributed by atoms with Crippen molar-refractivity contribution in [3.05, 3.63) is 29.3 Å². The molecule has 1 aliphatic heterocycles. The third-order valence-corrected chi connectivity index (χ3v) is 4.22. The Hall–Kier alpha value is -1.22. The van der Waals surface area contributed by atoms with E-state index in [2.05, 4.69) is 12.2 Å². The van der Waals surface area contributed by atoms with Crippen molar-refractivity contribution in [1.82, 2.24) is 4.90 Å². The maximum absolute atomic E-state index is 12.6. The van der Waals surface area contributed by atoms with Gasteiger partial charge in [0.05, 0.1) is 0 Å². The minimum Gasteiger partial charge on any atom is -0.322 e. The molecular weight excluding hydrogens is 284 g/mol. The number of aryl methyl sites for hydroxylation is 2. The van der Waals surface area contributed by atoms with Gasteiger partial charge in [0.1, 0.15) is 0 Å². The highest BCUT2D eigenvalue weighted by Crippen LogP contribution is 2.24. The molecule has 1 saturated heterocycles. The summed E-state index contributed by atoms with van der Waals surface area (Å²) in [5.41, 5.74) is 3.23. The number of para-hydroxylation sites is 1. The van der Waals surface area contributed by atoms with Crippen molar-refractivity contribution in [3.8, 4) is 0 Å². The second kappa shape index (κ2) is 8.28. The molecule has 1 unspecified atom stereocenters. The Kier molecular flexibility index (Phi) is 7.03. The van der Waals surface area contributed by atoms with Crippen molar-refractivity contribution in [2.24, 2.45) is 0 Å². The molecule has 0 aliphatic carbocycles. The van der Waals surface area contributed by atoms with Gasteiger partial charge in [-0.15, -0.1) is 12.4 Å². The zero-order valence-electron chi connectivity index (χ0n) is 13.3. The quantitative estimate of drug-likeness (QED) is 0.845. The number of amides is 2. The molecule has 1 fully saturated rings. The van der Waals surface area contributed by atoms with Gasteiger partial charge in [-0.05, 0) is 50.7 Å². The van der Waals surface area contributed by atoms with E-state index in [1.807, 2.05) is 36.9 Å². The summed E-state index contributed by atoms with van der Waals surface area (Å²) in [5.74, 6) is 0. The van der Waals surface area contributed by atoms with Gasteiger partial charge in [-0.2, -0.15) is 0 Å². The number of rotatable bonds is 3. The monoisotopic (exact) mass is 310 g/mol. The van der Waals surface area contributed by atoms with Crippen LogP contribution in [0.4, 0.5) is 10.5 Å². The normalized spacial score (nSPS) is 18.0. The van der Waals surface area contributed by atoms with Crippen molar-refractivity contribution in [1.29, 1.82) is 0 Å². The number of likely N-dealkylation sites (tertiary alicyclic amines) is 1. The van der Waals surface area contributed by atoms with Gasteiger partial charge in [-0.1, -0.05) is 31.5 Å². The lowest BCUT2D eigenvalue weighted by molar-refractivity contribution is 0.157. The summed E-state index contributed by atoms with van der Waals surface area (Å²) in [6.07, 6.45) is 5.77. The molecule has 3 nitrogen and oxygen atoms in total.